The zero-order valence-corrected chi connectivity index (χ0v) is 7.72. The second kappa shape index (κ2) is 3.83. The Bertz CT molecular complexity index is 297. The molecule has 0 aliphatic heterocycles. The summed E-state index contributed by atoms with van der Waals surface area (Å²) in [5.74, 6) is -0.800. The Labute approximate surface area is 76.6 Å². The second-order valence-electron chi connectivity index (χ2n) is 3.44. The second-order valence-corrected chi connectivity index (χ2v) is 3.44. The standard InChI is InChI=1S/C10H13F2N/c1-6(2)10(13)8-5-7(11)3-4-9(8)12/h3-6,10H,13H2,1-2H3/t10-/m1/s1. The van der Waals surface area contributed by atoms with E-state index in [4.69, 9.17) is 5.73 Å². The van der Waals surface area contributed by atoms with Crippen molar-refractivity contribution in [2.24, 2.45) is 11.7 Å². The molecule has 1 rings (SSSR count). The van der Waals surface area contributed by atoms with Crippen molar-refractivity contribution in [3.8, 4) is 0 Å². The third-order valence-corrected chi connectivity index (χ3v) is 2.04. The summed E-state index contributed by atoms with van der Waals surface area (Å²) in [4.78, 5) is 0. The normalized spacial score (nSPS) is 13.4. The van der Waals surface area contributed by atoms with Gasteiger partial charge >= 0.3 is 0 Å². The predicted octanol–water partition coefficient (Wildman–Crippen LogP) is 2.62. The lowest BCUT2D eigenvalue weighted by Crippen LogP contribution is -2.18. The van der Waals surface area contributed by atoms with E-state index in [0.29, 0.717) is 0 Å². The maximum atomic E-state index is 13.1. The van der Waals surface area contributed by atoms with E-state index in [2.05, 4.69) is 0 Å². The topological polar surface area (TPSA) is 26.0 Å². The summed E-state index contributed by atoms with van der Waals surface area (Å²) in [6.45, 7) is 3.74. The van der Waals surface area contributed by atoms with Crippen LogP contribution in [0.15, 0.2) is 18.2 Å². The van der Waals surface area contributed by atoms with E-state index in [9.17, 15) is 8.78 Å². The van der Waals surface area contributed by atoms with Crippen LogP contribution in [0.2, 0.25) is 0 Å². The SMILES string of the molecule is CC(C)[C@@H](N)c1cc(F)ccc1F. The van der Waals surface area contributed by atoms with Crippen LogP contribution in [0.4, 0.5) is 8.78 Å². The molecule has 2 N–H and O–H groups in total. The van der Waals surface area contributed by atoms with Crippen molar-refractivity contribution in [2.45, 2.75) is 19.9 Å². The highest BCUT2D eigenvalue weighted by atomic mass is 19.1. The lowest BCUT2D eigenvalue weighted by molar-refractivity contribution is 0.479. The summed E-state index contributed by atoms with van der Waals surface area (Å²) in [5.41, 5.74) is 5.95. The molecule has 72 valence electrons. The third-order valence-electron chi connectivity index (χ3n) is 2.04. The maximum absolute atomic E-state index is 13.1. The molecule has 0 fully saturated rings. The predicted molar refractivity (Wildman–Crippen MR) is 48.1 cm³/mol. The van der Waals surface area contributed by atoms with Crippen LogP contribution >= 0.6 is 0 Å². The van der Waals surface area contributed by atoms with Crippen molar-refractivity contribution in [3.63, 3.8) is 0 Å². The molecule has 0 heterocycles. The van der Waals surface area contributed by atoms with E-state index >= 15 is 0 Å². The van der Waals surface area contributed by atoms with Gasteiger partial charge in [-0.25, -0.2) is 8.78 Å². The highest BCUT2D eigenvalue weighted by Gasteiger charge is 2.15. The van der Waals surface area contributed by atoms with E-state index < -0.39 is 17.7 Å². The summed E-state index contributed by atoms with van der Waals surface area (Å²) in [6, 6.07) is 2.90. The highest BCUT2D eigenvalue weighted by Crippen LogP contribution is 2.22. The van der Waals surface area contributed by atoms with Gasteiger partial charge in [0.25, 0.3) is 0 Å². The number of halogens is 2. The molecule has 0 unspecified atom stereocenters. The maximum Gasteiger partial charge on any atom is 0.128 e. The number of rotatable bonds is 2. The van der Waals surface area contributed by atoms with E-state index in [1.54, 1.807) is 0 Å². The summed E-state index contributed by atoms with van der Waals surface area (Å²) in [6.07, 6.45) is 0. The first-order valence-corrected chi connectivity index (χ1v) is 4.23. The van der Waals surface area contributed by atoms with Crippen molar-refractivity contribution >= 4 is 0 Å². The molecule has 3 heteroatoms. The number of hydrogen-bond donors (Lipinski definition) is 1. The first-order valence-electron chi connectivity index (χ1n) is 4.23. The van der Waals surface area contributed by atoms with Gasteiger partial charge in [-0.3, -0.25) is 0 Å². The van der Waals surface area contributed by atoms with E-state index in [1.807, 2.05) is 13.8 Å². The minimum absolute atomic E-state index is 0.0938. The molecule has 0 aliphatic rings. The van der Waals surface area contributed by atoms with Crippen molar-refractivity contribution in [1.82, 2.24) is 0 Å². The van der Waals surface area contributed by atoms with Gasteiger partial charge in [0.1, 0.15) is 11.6 Å². The molecule has 1 aromatic rings. The monoisotopic (exact) mass is 185 g/mol. The fourth-order valence-corrected chi connectivity index (χ4v) is 1.13. The van der Waals surface area contributed by atoms with Gasteiger partial charge in [0, 0.05) is 11.6 Å². The van der Waals surface area contributed by atoms with Gasteiger partial charge in [0.05, 0.1) is 0 Å². The van der Waals surface area contributed by atoms with Crippen molar-refractivity contribution < 1.29 is 8.78 Å². The molecule has 0 saturated heterocycles. The Kier molecular flexibility index (Phi) is 2.98. The van der Waals surface area contributed by atoms with Gasteiger partial charge in [-0.1, -0.05) is 13.8 Å². The average Bonchev–Trinajstić information content (AvgIpc) is 2.08. The average molecular weight is 185 g/mol. The Morgan fingerprint density at radius 3 is 2.38 bits per heavy atom. The molecule has 1 nitrogen and oxygen atoms in total. The molecule has 0 saturated carbocycles. The summed E-state index contributed by atoms with van der Waals surface area (Å²) in [5, 5.41) is 0. The quantitative estimate of drug-likeness (QED) is 0.753. The molecular weight excluding hydrogens is 172 g/mol. The van der Waals surface area contributed by atoms with Gasteiger partial charge in [-0.05, 0) is 24.1 Å². The number of nitrogens with two attached hydrogens (primary N) is 1. The zero-order chi connectivity index (χ0) is 10.0. The largest absolute Gasteiger partial charge is 0.324 e. The first kappa shape index (κ1) is 10.1. The molecule has 0 spiro atoms. The minimum atomic E-state index is -0.451. The van der Waals surface area contributed by atoms with Crippen molar-refractivity contribution in [2.75, 3.05) is 0 Å². The van der Waals surface area contributed by atoms with Crippen LogP contribution in [0.3, 0.4) is 0 Å². The molecule has 1 atom stereocenters. The Morgan fingerprint density at radius 1 is 1.23 bits per heavy atom. The molecule has 0 aromatic heterocycles. The van der Waals surface area contributed by atoms with Gasteiger partial charge in [0.2, 0.25) is 0 Å². The molecule has 1 aromatic carbocycles. The molecule has 13 heavy (non-hydrogen) atoms. The summed E-state index contributed by atoms with van der Waals surface area (Å²) < 4.78 is 25.9. The van der Waals surface area contributed by atoms with Crippen LogP contribution in [0.5, 0.6) is 0 Å². The lowest BCUT2D eigenvalue weighted by Gasteiger charge is -2.16. The molecule has 0 amide bonds. The van der Waals surface area contributed by atoms with Crippen LogP contribution in [-0.4, -0.2) is 0 Å². The highest BCUT2D eigenvalue weighted by molar-refractivity contribution is 5.22. The Balaban J connectivity index is 3.05. The Morgan fingerprint density at radius 2 is 1.85 bits per heavy atom. The Hall–Kier alpha value is -0.960. The smallest absolute Gasteiger partial charge is 0.128 e. The van der Waals surface area contributed by atoms with Crippen LogP contribution in [-0.2, 0) is 0 Å². The number of hydrogen-bond acceptors (Lipinski definition) is 1. The van der Waals surface area contributed by atoms with Crippen molar-refractivity contribution in [1.29, 1.82) is 0 Å². The molecular formula is C10H13F2N. The lowest BCUT2D eigenvalue weighted by atomic mass is 9.96. The van der Waals surface area contributed by atoms with E-state index in [-0.39, 0.29) is 11.5 Å². The molecule has 0 radical (unpaired) electrons. The first-order chi connectivity index (χ1) is 6.02. The van der Waals surface area contributed by atoms with E-state index in [1.165, 1.54) is 0 Å². The molecule has 0 aliphatic carbocycles. The van der Waals surface area contributed by atoms with Crippen LogP contribution in [0.1, 0.15) is 25.5 Å². The van der Waals surface area contributed by atoms with Gasteiger partial charge < -0.3 is 5.73 Å². The van der Waals surface area contributed by atoms with Gasteiger partial charge in [-0.15, -0.1) is 0 Å². The van der Waals surface area contributed by atoms with Crippen molar-refractivity contribution in [3.05, 3.63) is 35.4 Å². The van der Waals surface area contributed by atoms with Gasteiger partial charge in [0.15, 0.2) is 0 Å². The van der Waals surface area contributed by atoms with Crippen LogP contribution in [0, 0.1) is 17.6 Å². The summed E-state index contributed by atoms with van der Waals surface area (Å²) in [7, 11) is 0. The van der Waals surface area contributed by atoms with Crippen LogP contribution in [0.25, 0.3) is 0 Å². The van der Waals surface area contributed by atoms with Crippen LogP contribution < -0.4 is 5.73 Å². The fraction of sp³-hybridized carbons (Fsp3) is 0.400. The minimum Gasteiger partial charge on any atom is -0.324 e. The number of benzene rings is 1. The fourth-order valence-electron chi connectivity index (χ4n) is 1.13. The molecule has 0 bridgehead atoms. The zero-order valence-electron chi connectivity index (χ0n) is 7.72. The third kappa shape index (κ3) is 2.25. The van der Waals surface area contributed by atoms with E-state index in [0.717, 1.165) is 18.2 Å². The summed E-state index contributed by atoms with van der Waals surface area (Å²) >= 11 is 0. The van der Waals surface area contributed by atoms with Gasteiger partial charge in [-0.2, -0.15) is 0 Å².